The fourth-order valence-electron chi connectivity index (χ4n) is 2.02. The van der Waals surface area contributed by atoms with E-state index >= 15 is 0 Å². The predicted molar refractivity (Wildman–Crippen MR) is 74.8 cm³/mol. The maximum Gasteiger partial charge on any atom is 0.131 e. The van der Waals surface area contributed by atoms with E-state index in [2.05, 4.69) is 37.8 Å². The van der Waals surface area contributed by atoms with E-state index < -0.39 is 0 Å². The van der Waals surface area contributed by atoms with Crippen LogP contribution in [0.25, 0.3) is 0 Å². The molecule has 3 heterocycles. The average molecular weight is 273 g/mol. The summed E-state index contributed by atoms with van der Waals surface area (Å²) in [7, 11) is 2.01. The van der Waals surface area contributed by atoms with Crippen LogP contribution in [0.15, 0.2) is 42.4 Å². The lowest BCUT2D eigenvalue weighted by Crippen LogP contribution is -2.24. The van der Waals surface area contributed by atoms with Crippen LogP contribution in [0.4, 0.5) is 0 Å². The zero-order chi connectivity index (χ0) is 13.1. The van der Waals surface area contributed by atoms with Gasteiger partial charge in [-0.05, 0) is 11.4 Å². The number of aromatic nitrogens is 4. The van der Waals surface area contributed by atoms with Gasteiger partial charge in [0.1, 0.15) is 11.9 Å². The van der Waals surface area contributed by atoms with Crippen molar-refractivity contribution in [2.24, 2.45) is 7.05 Å². The van der Waals surface area contributed by atoms with Crippen LogP contribution < -0.4 is 5.32 Å². The Morgan fingerprint density at radius 2 is 2.47 bits per heavy atom. The van der Waals surface area contributed by atoms with Gasteiger partial charge in [0.05, 0.1) is 6.33 Å². The highest BCUT2D eigenvalue weighted by Crippen LogP contribution is 2.24. The van der Waals surface area contributed by atoms with Gasteiger partial charge in [-0.15, -0.1) is 11.3 Å². The van der Waals surface area contributed by atoms with Gasteiger partial charge < -0.3 is 9.55 Å². The third-order valence-electron chi connectivity index (χ3n) is 3.00. The molecule has 0 aliphatic rings. The Morgan fingerprint density at radius 3 is 3.11 bits per heavy atom. The zero-order valence-corrected chi connectivity index (χ0v) is 11.4. The highest BCUT2D eigenvalue weighted by atomic mass is 32.1. The van der Waals surface area contributed by atoms with Gasteiger partial charge >= 0.3 is 0 Å². The quantitative estimate of drug-likeness (QED) is 0.748. The minimum Gasteiger partial charge on any atom is -0.347 e. The minimum atomic E-state index is 0.100. The summed E-state index contributed by atoms with van der Waals surface area (Å²) in [6.45, 7) is 0.732. The fourth-order valence-corrected chi connectivity index (χ4v) is 2.82. The number of H-pyrrole nitrogens is 1. The van der Waals surface area contributed by atoms with E-state index in [-0.39, 0.29) is 6.04 Å². The number of hydrogen-bond donors (Lipinski definition) is 2. The summed E-state index contributed by atoms with van der Waals surface area (Å²) in [6, 6.07) is 4.29. The Labute approximate surface area is 115 Å². The molecule has 5 nitrogen and oxygen atoms in total. The van der Waals surface area contributed by atoms with E-state index in [1.807, 2.05) is 30.2 Å². The number of hydrogen-bond acceptors (Lipinski definition) is 4. The van der Waals surface area contributed by atoms with Crippen molar-refractivity contribution in [2.45, 2.75) is 12.6 Å². The first-order valence-corrected chi connectivity index (χ1v) is 6.94. The Hall–Kier alpha value is -1.92. The van der Waals surface area contributed by atoms with Crippen molar-refractivity contribution in [1.82, 2.24) is 24.8 Å². The van der Waals surface area contributed by atoms with Gasteiger partial charge in [0, 0.05) is 42.8 Å². The standard InChI is InChI=1S/C13H15N5S/c1-18-5-4-15-13(18)12(11-3-2-6-19-11)16-8-10-7-14-9-17-10/h2-7,9,12,16H,8H2,1H3,(H,14,17). The molecule has 0 saturated heterocycles. The molecule has 0 saturated carbocycles. The predicted octanol–water partition coefficient (Wildman–Crippen LogP) is 2.08. The number of rotatable bonds is 5. The Kier molecular flexibility index (Phi) is 3.43. The molecule has 2 N–H and O–H groups in total. The van der Waals surface area contributed by atoms with Crippen molar-refractivity contribution in [1.29, 1.82) is 0 Å². The van der Waals surface area contributed by atoms with E-state index in [0.717, 1.165) is 18.1 Å². The molecule has 0 bridgehead atoms. The molecule has 0 radical (unpaired) electrons. The second kappa shape index (κ2) is 5.38. The fraction of sp³-hybridized carbons (Fsp3) is 0.231. The number of aromatic amines is 1. The van der Waals surface area contributed by atoms with E-state index in [1.54, 1.807) is 17.7 Å². The SMILES string of the molecule is Cn1ccnc1C(NCc1cnc[nH]1)c1cccs1. The molecule has 0 fully saturated rings. The largest absolute Gasteiger partial charge is 0.347 e. The minimum absolute atomic E-state index is 0.100. The molecule has 3 aromatic rings. The molecule has 3 aromatic heterocycles. The zero-order valence-electron chi connectivity index (χ0n) is 10.6. The van der Waals surface area contributed by atoms with Crippen LogP contribution in [-0.2, 0) is 13.6 Å². The first-order chi connectivity index (χ1) is 9.34. The molecule has 0 spiro atoms. The number of nitrogens with zero attached hydrogens (tertiary/aromatic N) is 3. The lowest BCUT2D eigenvalue weighted by molar-refractivity contribution is 0.560. The molecule has 6 heteroatoms. The summed E-state index contributed by atoms with van der Waals surface area (Å²) in [4.78, 5) is 12.8. The lowest BCUT2D eigenvalue weighted by Gasteiger charge is -2.16. The van der Waals surface area contributed by atoms with Crippen LogP contribution >= 0.6 is 11.3 Å². The smallest absolute Gasteiger partial charge is 0.131 e. The van der Waals surface area contributed by atoms with E-state index in [4.69, 9.17) is 0 Å². The Morgan fingerprint density at radius 1 is 1.53 bits per heavy atom. The molecular formula is C13H15N5S. The van der Waals surface area contributed by atoms with Crippen LogP contribution in [-0.4, -0.2) is 19.5 Å². The summed E-state index contributed by atoms with van der Waals surface area (Å²) < 4.78 is 2.05. The molecule has 0 aliphatic carbocycles. The second-order valence-electron chi connectivity index (χ2n) is 4.30. The molecular weight excluding hydrogens is 258 g/mol. The van der Waals surface area contributed by atoms with Crippen LogP contribution in [0.3, 0.4) is 0 Å². The second-order valence-corrected chi connectivity index (χ2v) is 5.28. The summed E-state index contributed by atoms with van der Waals surface area (Å²) >= 11 is 1.73. The number of thiophene rings is 1. The first kappa shape index (κ1) is 12.1. The molecule has 19 heavy (non-hydrogen) atoms. The van der Waals surface area contributed by atoms with Crippen molar-refractivity contribution < 1.29 is 0 Å². The van der Waals surface area contributed by atoms with Gasteiger partial charge in [0.15, 0.2) is 0 Å². The van der Waals surface area contributed by atoms with Crippen molar-refractivity contribution in [3.8, 4) is 0 Å². The van der Waals surface area contributed by atoms with Gasteiger partial charge in [-0.2, -0.15) is 0 Å². The molecule has 0 aliphatic heterocycles. The molecule has 1 atom stereocenters. The van der Waals surface area contributed by atoms with Crippen molar-refractivity contribution >= 4 is 11.3 Å². The lowest BCUT2D eigenvalue weighted by atomic mass is 10.2. The van der Waals surface area contributed by atoms with Crippen molar-refractivity contribution in [3.63, 3.8) is 0 Å². The van der Waals surface area contributed by atoms with Crippen LogP contribution in [0.2, 0.25) is 0 Å². The van der Waals surface area contributed by atoms with E-state index in [9.17, 15) is 0 Å². The van der Waals surface area contributed by atoms with Gasteiger partial charge in [0.25, 0.3) is 0 Å². The Bertz CT molecular complexity index is 611. The summed E-state index contributed by atoms with van der Waals surface area (Å²) in [5.41, 5.74) is 1.07. The van der Waals surface area contributed by atoms with E-state index in [1.165, 1.54) is 4.88 Å². The molecule has 0 amide bonds. The number of aryl methyl sites for hydroxylation is 1. The summed E-state index contributed by atoms with van der Waals surface area (Å²) in [6.07, 6.45) is 7.32. The first-order valence-electron chi connectivity index (χ1n) is 6.06. The molecule has 0 aromatic carbocycles. The third kappa shape index (κ3) is 2.59. The number of imidazole rings is 2. The number of nitrogens with one attached hydrogen (secondary N) is 2. The maximum absolute atomic E-state index is 4.45. The average Bonchev–Trinajstić information content (AvgIpc) is 3.13. The van der Waals surface area contributed by atoms with Gasteiger partial charge in [0.2, 0.25) is 0 Å². The topological polar surface area (TPSA) is 58.5 Å². The van der Waals surface area contributed by atoms with Gasteiger partial charge in [-0.3, -0.25) is 5.32 Å². The normalized spacial score (nSPS) is 12.7. The molecule has 3 rings (SSSR count). The highest BCUT2D eigenvalue weighted by molar-refractivity contribution is 7.10. The third-order valence-corrected chi connectivity index (χ3v) is 3.93. The molecule has 1 unspecified atom stereocenters. The van der Waals surface area contributed by atoms with Crippen molar-refractivity contribution in [2.75, 3.05) is 0 Å². The van der Waals surface area contributed by atoms with Gasteiger partial charge in [-0.25, -0.2) is 9.97 Å². The van der Waals surface area contributed by atoms with Crippen LogP contribution in [0, 0.1) is 0 Å². The molecule has 98 valence electrons. The summed E-state index contributed by atoms with van der Waals surface area (Å²) in [5, 5.41) is 5.61. The Balaban J connectivity index is 1.83. The monoisotopic (exact) mass is 273 g/mol. The summed E-state index contributed by atoms with van der Waals surface area (Å²) in [5.74, 6) is 1.02. The van der Waals surface area contributed by atoms with Gasteiger partial charge in [-0.1, -0.05) is 6.07 Å². The van der Waals surface area contributed by atoms with E-state index in [0.29, 0.717) is 0 Å². The maximum atomic E-state index is 4.45. The van der Waals surface area contributed by atoms with Crippen molar-refractivity contribution in [3.05, 3.63) is 58.8 Å². The highest BCUT2D eigenvalue weighted by Gasteiger charge is 2.18. The van der Waals surface area contributed by atoms with Crippen LogP contribution in [0.1, 0.15) is 22.4 Å². The van der Waals surface area contributed by atoms with Crippen LogP contribution in [0.5, 0.6) is 0 Å².